The van der Waals surface area contributed by atoms with Gasteiger partial charge in [0, 0.05) is 25.1 Å². The number of hydrogen-bond donors (Lipinski definition) is 0. The second kappa shape index (κ2) is 7.58. The van der Waals surface area contributed by atoms with Crippen molar-refractivity contribution < 1.29 is 29.0 Å². The van der Waals surface area contributed by atoms with E-state index < -0.39 is 29.0 Å². The number of esters is 1. The summed E-state index contributed by atoms with van der Waals surface area (Å²) in [6, 6.07) is 8.73. The van der Waals surface area contributed by atoms with Gasteiger partial charge in [-0.25, -0.2) is 9.88 Å². The molecule has 0 spiro atoms. The summed E-state index contributed by atoms with van der Waals surface area (Å²) < 4.78 is 4.92. The van der Waals surface area contributed by atoms with E-state index in [1.807, 2.05) is 0 Å². The van der Waals surface area contributed by atoms with Crippen molar-refractivity contribution in [3.8, 4) is 5.75 Å². The van der Waals surface area contributed by atoms with Crippen LogP contribution in [0.15, 0.2) is 47.6 Å². The van der Waals surface area contributed by atoms with Crippen molar-refractivity contribution in [3.05, 3.63) is 48.2 Å². The molecule has 1 fully saturated rings. The van der Waals surface area contributed by atoms with Crippen LogP contribution in [0.3, 0.4) is 0 Å². The molecule has 0 radical (unpaired) electrons. The maximum Gasteiger partial charge on any atom is 0.308 e. The SMILES string of the molecule is CC(=O)Oc1ccc(N2C(=O)C[C@@H](Sc3ncccc3C(=O)[O-])C2=O)cc1. The van der Waals surface area contributed by atoms with Crippen molar-refractivity contribution >= 4 is 41.2 Å². The summed E-state index contributed by atoms with van der Waals surface area (Å²) in [5.41, 5.74) is 0.206. The van der Waals surface area contributed by atoms with Gasteiger partial charge in [-0.1, -0.05) is 11.8 Å². The number of hydrogen-bond acceptors (Lipinski definition) is 8. The second-order valence-electron chi connectivity index (χ2n) is 5.61. The Balaban J connectivity index is 1.79. The number of aromatic carboxylic acids is 1. The third-order valence-corrected chi connectivity index (χ3v) is 4.91. The number of carboxylic acid groups (broad SMARTS) is 1. The first-order valence-corrected chi connectivity index (χ1v) is 8.73. The highest BCUT2D eigenvalue weighted by molar-refractivity contribution is 8.00. The third kappa shape index (κ3) is 3.98. The van der Waals surface area contributed by atoms with Gasteiger partial charge in [0.15, 0.2) is 0 Å². The van der Waals surface area contributed by atoms with E-state index in [0.29, 0.717) is 11.4 Å². The van der Waals surface area contributed by atoms with Gasteiger partial charge in [0.1, 0.15) is 10.8 Å². The number of aromatic nitrogens is 1. The van der Waals surface area contributed by atoms with E-state index in [1.54, 1.807) is 0 Å². The zero-order valence-corrected chi connectivity index (χ0v) is 14.9. The van der Waals surface area contributed by atoms with Crippen LogP contribution in [0.25, 0.3) is 0 Å². The van der Waals surface area contributed by atoms with Crippen LogP contribution in [0.1, 0.15) is 23.7 Å². The molecule has 9 heteroatoms. The molecule has 27 heavy (non-hydrogen) atoms. The minimum Gasteiger partial charge on any atom is -0.545 e. The van der Waals surface area contributed by atoms with Gasteiger partial charge in [-0.15, -0.1) is 0 Å². The lowest BCUT2D eigenvalue weighted by Crippen LogP contribution is -2.31. The van der Waals surface area contributed by atoms with Crippen molar-refractivity contribution in [2.75, 3.05) is 4.90 Å². The maximum absolute atomic E-state index is 12.7. The minimum atomic E-state index is -1.40. The number of anilines is 1. The standard InChI is InChI=1S/C18H14N2O6S/c1-10(21)26-12-6-4-11(5-7-12)20-15(22)9-14(17(20)23)27-16-13(18(24)25)3-2-8-19-16/h2-8,14H,9H2,1H3,(H,24,25)/p-1/t14-/m1/s1. The summed E-state index contributed by atoms with van der Waals surface area (Å²) in [6.45, 7) is 1.27. The monoisotopic (exact) mass is 385 g/mol. The van der Waals surface area contributed by atoms with Gasteiger partial charge in [-0.05, 0) is 36.4 Å². The molecule has 0 N–H and O–H groups in total. The summed E-state index contributed by atoms with van der Waals surface area (Å²) in [6.07, 6.45) is 1.32. The number of pyridine rings is 1. The molecule has 138 valence electrons. The molecule has 0 unspecified atom stereocenters. The van der Waals surface area contributed by atoms with E-state index in [9.17, 15) is 24.3 Å². The Labute approximate surface area is 158 Å². The van der Waals surface area contributed by atoms with Crippen LogP contribution in [0.2, 0.25) is 0 Å². The first kappa shape index (κ1) is 18.6. The highest BCUT2D eigenvalue weighted by Gasteiger charge is 2.40. The van der Waals surface area contributed by atoms with Gasteiger partial charge in [0.2, 0.25) is 11.8 Å². The van der Waals surface area contributed by atoms with E-state index in [2.05, 4.69) is 4.98 Å². The highest BCUT2D eigenvalue weighted by Crippen LogP contribution is 2.34. The van der Waals surface area contributed by atoms with E-state index in [1.165, 1.54) is 49.5 Å². The Morgan fingerprint density at radius 2 is 1.93 bits per heavy atom. The summed E-state index contributed by atoms with van der Waals surface area (Å²) in [5, 5.41) is 10.5. The summed E-state index contributed by atoms with van der Waals surface area (Å²) in [4.78, 5) is 52.1. The molecule has 1 aromatic heterocycles. The van der Waals surface area contributed by atoms with Gasteiger partial charge in [-0.3, -0.25) is 14.4 Å². The van der Waals surface area contributed by atoms with Crippen molar-refractivity contribution in [2.45, 2.75) is 23.6 Å². The van der Waals surface area contributed by atoms with E-state index in [-0.39, 0.29) is 17.0 Å². The van der Waals surface area contributed by atoms with Gasteiger partial charge < -0.3 is 14.6 Å². The number of rotatable bonds is 5. The van der Waals surface area contributed by atoms with Crippen molar-refractivity contribution in [1.82, 2.24) is 4.98 Å². The number of carboxylic acids is 1. The molecule has 2 amide bonds. The molecule has 1 atom stereocenters. The summed E-state index contributed by atoms with van der Waals surface area (Å²) in [5.74, 6) is -2.47. The smallest absolute Gasteiger partial charge is 0.308 e. The quantitative estimate of drug-likeness (QED) is 0.421. The summed E-state index contributed by atoms with van der Waals surface area (Å²) in [7, 11) is 0. The van der Waals surface area contributed by atoms with E-state index >= 15 is 0 Å². The molecular formula is C18H13N2O6S-. The Bertz CT molecular complexity index is 928. The Hall–Kier alpha value is -3.20. The first-order chi connectivity index (χ1) is 12.9. The molecule has 2 aromatic rings. The number of carbonyl (C=O) groups excluding carboxylic acids is 4. The predicted molar refractivity (Wildman–Crippen MR) is 93.1 cm³/mol. The van der Waals surface area contributed by atoms with Crippen LogP contribution in [-0.4, -0.2) is 34.0 Å². The van der Waals surface area contributed by atoms with Crippen LogP contribution >= 0.6 is 11.8 Å². The summed E-state index contributed by atoms with van der Waals surface area (Å²) >= 11 is 0.915. The lowest BCUT2D eigenvalue weighted by molar-refractivity contribution is -0.255. The molecule has 3 rings (SSSR count). The van der Waals surface area contributed by atoms with Gasteiger partial charge >= 0.3 is 5.97 Å². The molecule has 0 bridgehead atoms. The second-order valence-corrected chi connectivity index (χ2v) is 6.80. The van der Waals surface area contributed by atoms with Crippen LogP contribution < -0.4 is 14.7 Å². The zero-order valence-electron chi connectivity index (χ0n) is 14.1. The molecule has 0 aliphatic carbocycles. The number of amides is 2. The minimum absolute atomic E-state index is 0.0851. The van der Waals surface area contributed by atoms with E-state index in [0.717, 1.165) is 16.7 Å². The number of benzene rings is 1. The number of thioether (sulfide) groups is 1. The fourth-order valence-corrected chi connectivity index (χ4v) is 3.67. The van der Waals surface area contributed by atoms with Crippen molar-refractivity contribution in [1.29, 1.82) is 0 Å². The normalized spacial score (nSPS) is 16.5. The lowest BCUT2D eigenvalue weighted by atomic mass is 10.3. The fraction of sp³-hybridized carbons (Fsp3) is 0.167. The molecule has 1 aliphatic heterocycles. The molecule has 0 saturated carbocycles. The molecular weight excluding hydrogens is 372 g/mol. The van der Waals surface area contributed by atoms with Crippen LogP contribution in [0.5, 0.6) is 5.75 Å². The van der Waals surface area contributed by atoms with Gasteiger partial charge in [0.25, 0.3) is 0 Å². The fourth-order valence-electron chi connectivity index (χ4n) is 2.57. The number of nitrogens with zero attached hydrogens (tertiary/aromatic N) is 2. The van der Waals surface area contributed by atoms with Crippen LogP contribution in [0.4, 0.5) is 5.69 Å². The maximum atomic E-state index is 12.7. The molecule has 1 aromatic carbocycles. The number of imide groups is 1. The number of ether oxygens (including phenoxy) is 1. The predicted octanol–water partition coefficient (Wildman–Crippen LogP) is 0.795. The highest BCUT2D eigenvalue weighted by atomic mass is 32.2. The Kier molecular flexibility index (Phi) is 5.22. The average molecular weight is 385 g/mol. The Morgan fingerprint density at radius 1 is 1.22 bits per heavy atom. The van der Waals surface area contributed by atoms with Crippen LogP contribution in [-0.2, 0) is 14.4 Å². The first-order valence-electron chi connectivity index (χ1n) is 7.85. The Morgan fingerprint density at radius 3 is 2.56 bits per heavy atom. The number of carbonyl (C=O) groups is 4. The third-order valence-electron chi connectivity index (χ3n) is 3.71. The largest absolute Gasteiger partial charge is 0.545 e. The molecule has 1 saturated heterocycles. The molecule has 2 heterocycles. The topological polar surface area (TPSA) is 117 Å². The molecule has 1 aliphatic rings. The lowest BCUT2D eigenvalue weighted by Gasteiger charge is -2.16. The van der Waals surface area contributed by atoms with Crippen molar-refractivity contribution in [2.24, 2.45) is 0 Å². The average Bonchev–Trinajstić information content (AvgIpc) is 2.89. The molecule has 8 nitrogen and oxygen atoms in total. The van der Waals surface area contributed by atoms with Gasteiger partial charge in [-0.2, -0.15) is 0 Å². The zero-order chi connectivity index (χ0) is 19.6. The van der Waals surface area contributed by atoms with Gasteiger partial charge in [0.05, 0.1) is 16.9 Å². The van der Waals surface area contributed by atoms with Crippen molar-refractivity contribution in [3.63, 3.8) is 0 Å². The van der Waals surface area contributed by atoms with E-state index in [4.69, 9.17) is 4.74 Å². The van der Waals surface area contributed by atoms with Crippen LogP contribution in [0, 0.1) is 0 Å².